The fourth-order valence-corrected chi connectivity index (χ4v) is 3.64. The fourth-order valence-electron chi connectivity index (χ4n) is 1.86. The smallest absolute Gasteiger partial charge is 0.328 e. The second-order valence-electron chi connectivity index (χ2n) is 3.95. The topological polar surface area (TPSA) is 95.8 Å². The molecule has 0 saturated carbocycles. The molecule has 0 bridgehead atoms. The van der Waals surface area contributed by atoms with Crippen LogP contribution in [0.3, 0.4) is 0 Å². The van der Waals surface area contributed by atoms with Crippen molar-refractivity contribution in [1.29, 1.82) is 0 Å². The van der Waals surface area contributed by atoms with Crippen molar-refractivity contribution in [3.63, 3.8) is 0 Å². The van der Waals surface area contributed by atoms with Crippen molar-refractivity contribution in [1.82, 2.24) is 5.32 Å². The number of carbonyl (C=O) groups excluding carboxylic acids is 1. The fraction of sp³-hybridized carbons (Fsp3) is 0.778. The molecule has 96 valence electrons. The van der Waals surface area contributed by atoms with Crippen LogP contribution in [0.25, 0.3) is 0 Å². The molecular formula is C9H14N2O4S2. The van der Waals surface area contributed by atoms with E-state index in [0.29, 0.717) is 12.2 Å². The van der Waals surface area contributed by atoms with Crippen molar-refractivity contribution < 1.29 is 14.7 Å². The van der Waals surface area contributed by atoms with E-state index in [0.717, 1.165) is 0 Å². The lowest BCUT2D eigenvalue weighted by atomic mass is 9.84. The number of amides is 1. The average Bonchev–Trinajstić information content (AvgIpc) is 2.25. The summed E-state index contributed by atoms with van der Waals surface area (Å²) in [5.74, 6) is -1.13. The van der Waals surface area contributed by atoms with Crippen LogP contribution in [0, 0.1) is 4.91 Å². The Balaban J connectivity index is 2.97. The summed E-state index contributed by atoms with van der Waals surface area (Å²) in [6.45, 7) is 1.21. The SMILES string of the molecule is CC(=O)NC(C(=O)O)C1(N=O)CCSC(S)C1. The maximum absolute atomic E-state index is 11.2. The minimum absolute atomic E-state index is 0.142. The highest BCUT2D eigenvalue weighted by molar-refractivity contribution is 8.10. The van der Waals surface area contributed by atoms with Gasteiger partial charge in [-0.1, -0.05) is 5.18 Å². The molecule has 0 spiro atoms. The molecule has 1 aliphatic rings. The maximum Gasteiger partial charge on any atom is 0.328 e. The maximum atomic E-state index is 11.2. The molecule has 0 aromatic carbocycles. The van der Waals surface area contributed by atoms with Crippen LogP contribution in [0.15, 0.2) is 5.18 Å². The third-order valence-corrected chi connectivity index (χ3v) is 4.31. The zero-order valence-corrected chi connectivity index (χ0v) is 11.0. The van der Waals surface area contributed by atoms with Crippen molar-refractivity contribution >= 4 is 36.3 Å². The Morgan fingerprint density at radius 3 is 2.71 bits per heavy atom. The summed E-state index contributed by atoms with van der Waals surface area (Å²) in [5.41, 5.74) is -1.30. The number of hydrogen-bond acceptors (Lipinski definition) is 6. The van der Waals surface area contributed by atoms with Crippen LogP contribution in [0.4, 0.5) is 0 Å². The number of nitroso groups, excluding NO2 is 1. The van der Waals surface area contributed by atoms with E-state index in [9.17, 15) is 14.5 Å². The number of carboxylic acid groups (broad SMARTS) is 1. The number of thioether (sulfide) groups is 1. The highest BCUT2D eigenvalue weighted by Gasteiger charge is 2.48. The summed E-state index contributed by atoms with van der Waals surface area (Å²) >= 11 is 5.78. The van der Waals surface area contributed by atoms with Crippen LogP contribution in [-0.4, -0.2) is 38.9 Å². The van der Waals surface area contributed by atoms with E-state index in [2.05, 4.69) is 23.1 Å². The number of rotatable bonds is 4. The number of aliphatic carboxylic acids is 1. The molecular weight excluding hydrogens is 264 g/mol. The van der Waals surface area contributed by atoms with E-state index in [1.54, 1.807) is 11.8 Å². The van der Waals surface area contributed by atoms with Crippen LogP contribution >= 0.6 is 24.4 Å². The lowest BCUT2D eigenvalue weighted by Gasteiger charge is -2.37. The van der Waals surface area contributed by atoms with Gasteiger partial charge in [-0.25, -0.2) is 4.79 Å². The van der Waals surface area contributed by atoms with E-state index < -0.39 is 23.5 Å². The molecule has 0 aliphatic carbocycles. The van der Waals surface area contributed by atoms with Gasteiger partial charge in [-0.2, -0.15) is 17.5 Å². The van der Waals surface area contributed by atoms with E-state index in [4.69, 9.17) is 5.11 Å². The molecule has 17 heavy (non-hydrogen) atoms. The molecule has 2 N–H and O–H groups in total. The highest BCUT2D eigenvalue weighted by atomic mass is 32.2. The predicted molar refractivity (Wildman–Crippen MR) is 68.2 cm³/mol. The van der Waals surface area contributed by atoms with Gasteiger partial charge in [0, 0.05) is 11.5 Å². The summed E-state index contributed by atoms with van der Waals surface area (Å²) in [7, 11) is 0. The summed E-state index contributed by atoms with van der Waals surface area (Å²) < 4.78 is -0.142. The summed E-state index contributed by atoms with van der Waals surface area (Å²) in [6.07, 6.45) is 0.566. The average molecular weight is 278 g/mol. The first-order valence-electron chi connectivity index (χ1n) is 5.05. The van der Waals surface area contributed by atoms with Crippen molar-refractivity contribution in [3.8, 4) is 0 Å². The number of thiol groups is 1. The third kappa shape index (κ3) is 3.35. The zero-order chi connectivity index (χ0) is 13.1. The van der Waals surface area contributed by atoms with Gasteiger partial charge in [0.15, 0.2) is 6.04 Å². The number of carbonyl (C=O) groups is 2. The van der Waals surface area contributed by atoms with Gasteiger partial charge >= 0.3 is 5.97 Å². The Labute approximate surface area is 108 Å². The Hall–Kier alpha value is -0.760. The molecule has 0 aromatic rings. The van der Waals surface area contributed by atoms with Gasteiger partial charge in [-0.15, -0.1) is 11.8 Å². The van der Waals surface area contributed by atoms with Crippen molar-refractivity contribution in [3.05, 3.63) is 4.91 Å². The molecule has 8 heteroatoms. The monoisotopic (exact) mass is 278 g/mol. The highest BCUT2D eigenvalue weighted by Crippen LogP contribution is 2.39. The van der Waals surface area contributed by atoms with E-state index in [1.165, 1.54) is 6.92 Å². The summed E-state index contributed by atoms with van der Waals surface area (Å²) in [5, 5.41) is 14.4. The quantitative estimate of drug-likeness (QED) is 0.523. The largest absolute Gasteiger partial charge is 0.480 e. The third-order valence-electron chi connectivity index (χ3n) is 2.69. The Kier molecular flexibility index (Phi) is 4.81. The van der Waals surface area contributed by atoms with Gasteiger partial charge in [0.25, 0.3) is 0 Å². The second kappa shape index (κ2) is 5.72. The van der Waals surface area contributed by atoms with Crippen LogP contribution in [0.2, 0.25) is 0 Å². The Morgan fingerprint density at radius 2 is 2.29 bits per heavy atom. The van der Waals surface area contributed by atoms with Crippen molar-refractivity contribution in [2.24, 2.45) is 5.18 Å². The standard InChI is InChI=1S/C9H14N2O4S2/c1-5(12)10-7(8(13)14)9(11-15)2-3-17-6(16)4-9/h6-7,16H,2-4H2,1H3,(H,10,12)(H,13,14). The first kappa shape index (κ1) is 14.3. The van der Waals surface area contributed by atoms with E-state index >= 15 is 0 Å². The van der Waals surface area contributed by atoms with Crippen LogP contribution < -0.4 is 5.32 Å². The molecule has 1 amide bonds. The first-order chi connectivity index (χ1) is 7.91. The molecule has 0 aromatic heterocycles. The number of nitrogens with zero attached hydrogens (tertiary/aromatic N) is 1. The first-order valence-corrected chi connectivity index (χ1v) is 6.62. The van der Waals surface area contributed by atoms with E-state index in [1.807, 2.05) is 0 Å². The molecule has 1 heterocycles. The van der Waals surface area contributed by atoms with Gasteiger partial charge in [-0.3, -0.25) is 4.79 Å². The normalized spacial score (nSPS) is 30.4. The number of nitrogens with one attached hydrogen (secondary N) is 1. The molecule has 3 unspecified atom stereocenters. The number of carboxylic acids is 1. The molecule has 3 atom stereocenters. The number of hydrogen-bond donors (Lipinski definition) is 3. The summed E-state index contributed by atoms with van der Waals surface area (Å²) in [4.78, 5) is 33.2. The van der Waals surface area contributed by atoms with Gasteiger partial charge in [-0.05, 0) is 18.6 Å². The Bertz CT molecular complexity index is 339. The molecule has 1 rings (SSSR count). The van der Waals surface area contributed by atoms with Crippen LogP contribution in [0.1, 0.15) is 19.8 Å². The zero-order valence-electron chi connectivity index (χ0n) is 9.25. The lowest BCUT2D eigenvalue weighted by molar-refractivity contribution is -0.143. The van der Waals surface area contributed by atoms with Gasteiger partial charge in [0.2, 0.25) is 5.91 Å². The molecule has 1 aliphatic heterocycles. The van der Waals surface area contributed by atoms with Gasteiger partial charge in [0.1, 0.15) is 5.54 Å². The second-order valence-corrected chi connectivity index (χ2v) is 6.23. The summed E-state index contributed by atoms with van der Waals surface area (Å²) in [6, 6.07) is -1.28. The molecule has 1 fully saturated rings. The van der Waals surface area contributed by atoms with E-state index in [-0.39, 0.29) is 11.0 Å². The Morgan fingerprint density at radius 1 is 1.65 bits per heavy atom. The molecule has 0 radical (unpaired) electrons. The minimum atomic E-state index is -1.30. The molecule has 1 saturated heterocycles. The molecule has 6 nitrogen and oxygen atoms in total. The van der Waals surface area contributed by atoms with Gasteiger partial charge < -0.3 is 10.4 Å². The lowest BCUT2D eigenvalue weighted by Crippen LogP contribution is -2.57. The van der Waals surface area contributed by atoms with Crippen LogP contribution in [-0.2, 0) is 9.59 Å². The van der Waals surface area contributed by atoms with Crippen molar-refractivity contribution in [2.75, 3.05) is 5.75 Å². The minimum Gasteiger partial charge on any atom is -0.480 e. The van der Waals surface area contributed by atoms with Crippen LogP contribution in [0.5, 0.6) is 0 Å². The predicted octanol–water partition coefficient (Wildman–Crippen LogP) is 0.864. The van der Waals surface area contributed by atoms with Crippen molar-refractivity contribution in [2.45, 2.75) is 35.9 Å². The van der Waals surface area contributed by atoms with Gasteiger partial charge in [0.05, 0.1) is 0 Å².